The van der Waals surface area contributed by atoms with E-state index >= 15 is 0 Å². The van der Waals surface area contributed by atoms with Gasteiger partial charge in [0.25, 0.3) is 5.91 Å². The Morgan fingerprint density at radius 3 is 2.85 bits per heavy atom. The maximum Gasteiger partial charge on any atom is 0.328 e. The van der Waals surface area contributed by atoms with Crippen LogP contribution in [0.3, 0.4) is 0 Å². The van der Waals surface area contributed by atoms with Crippen molar-refractivity contribution in [1.82, 2.24) is 14.6 Å². The molecule has 0 unspecified atom stereocenters. The average molecular weight is 290 g/mol. The zero-order valence-corrected chi connectivity index (χ0v) is 11.2. The number of carboxylic acids is 1. The molecule has 2 heterocycles. The first-order chi connectivity index (χ1) is 9.56. The molecule has 8 heteroatoms. The highest BCUT2D eigenvalue weighted by molar-refractivity contribution is 7.08. The molecule has 2 rings (SSSR count). The normalized spacial score (nSPS) is 10.7. The van der Waals surface area contributed by atoms with Crippen LogP contribution in [0.2, 0.25) is 0 Å². The molecule has 0 radical (unpaired) electrons. The summed E-state index contributed by atoms with van der Waals surface area (Å²) in [5.41, 5.74) is 0.985. The summed E-state index contributed by atoms with van der Waals surface area (Å²) in [6.45, 7) is 1.69. The summed E-state index contributed by atoms with van der Waals surface area (Å²) in [5.74, 6) is -1.08. The van der Waals surface area contributed by atoms with Crippen molar-refractivity contribution < 1.29 is 14.7 Å². The van der Waals surface area contributed by atoms with Gasteiger partial charge in [-0.2, -0.15) is 0 Å². The van der Waals surface area contributed by atoms with Crippen LogP contribution in [0.1, 0.15) is 21.1 Å². The van der Waals surface area contributed by atoms with Gasteiger partial charge >= 0.3 is 5.97 Å². The van der Waals surface area contributed by atoms with Crippen LogP contribution in [0, 0.1) is 6.92 Å². The van der Waals surface area contributed by atoms with Gasteiger partial charge in [0.2, 0.25) is 0 Å². The highest BCUT2D eigenvalue weighted by atomic mass is 32.1. The number of carboxylic acid groups (broad SMARTS) is 1. The Hall–Kier alpha value is -2.61. The van der Waals surface area contributed by atoms with Gasteiger partial charge in [0, 0.05) is 6.08 Å². The van der Waals surface area contributed by atoms with Crippen LogP contribution < -0.4 is 5.32 Å². The fraction of sp³-hybridized carbons (Fsp3) is 0.0833. The number of pyridine rings is 1. The van der Waals surface area contributed by atoms with Gasteiger partial charge in [0.15, 0.2) is 0 Å². The number of hydrogen-bond acceptors (Lipinski definition) is 6. The molecule has 0 aliphatic rings. The van der Waals surface area contributed by atoms with Gasteiger partial charge in [-0.3, -0.25) is 4.79 Å². The molecule has 0 fully saturated rings. The van der Waals surface area contributed by atoms with E-state index < -0.39 is 5.97 Å². The predicted molar refractivity (Wildman–Crippen MR) is 73.5 cm³/mol. The van der Waals surface area contributed by atoms with Crippen molar-refractivity contribution in [2.24, 2.45) is 0 Å². The Morgan fingerprint density at radius 2 is 2.20 bits per heavy atom. The zero-order valence-electron chi connectivity index (χ0n) is 10.4. The van der Waals surface area contributed by atoms with Crippen molar-refractivity contribution in [3.8, 4) is 0 Å². The van der Waals surface area contributed by atoms with Gasteiger partial charge < -0.3 is 10.4 Å². The lowest BCUT2D eigenvalue weighted by Gasteiger charge is -2.03. The number of nitrogens with zero attached hydrogens (tertiary/aromatic N) is 3. The van der Waals surface area contributed by atoms with Crippen LogP contribution in [0.5, 0.6) is 0 Å². The second kappa shape index (κ2) is 6.02. The zero-order chi connectivity index (χ0) is 14.5. The van der Waals surface area contributed by atoms with E-state index in [1.54, 1.807) is 25.1 Å². The summed E-state index contributed by atoms with van der Waals surface area (Å²) in [6, 6.07) is 4.91. The minimum atomic E-state index is -1.06. The molecule has 0 aromatic carbocycles. The summed E-state index contributed by atoms with van der Waals surface area (Å²) >= 11 is 1.00. The fourth-order valence-corrected chi connectivity index (χ4v) is 1.94. The molecule has 20 heavy (non-hydrogen) atoms. The molecule has 0 aliphatic heterocycles. The highest BCUT2D eigenvalue weighted by Gasteiger charge is 2.13. The van der Waals surface area contributed by atoms with E-state index in [1.165, 1.54) is 6.08 Å². The molecule has 0 saturated heterocycles. The largest absolute Gasteiger partial charge is 0.478 e. The first kappa shape index (κ1) is 13.8. The van der Waals surface area contributed by atoms with Gasteiger partial charge in [-0.05, 0) is 36.7 Å². The summed E-state index contributed by atoms with van der Waals surface area (Å²) in [5, 5.41) is 14.9. The third kappa shape index (κ3) is 3.45. The quantitative estimate of drug-likeness (QED) is 0.828. The number of aromatic nitrogens is 3. The van der Waals surface area contributed by atoms with Gasteiger partial charge in [-0.25, -0.2) is 9.78 Å². The molecule has 0 saturated carbocycles. The number of anilines is 1. The monoisotopic (exact) mass is 290 g/mol. The Labute approximate surface area is 118 Å². The lowest BCUT2D eigenvalue weighted by molar-refractivity contribution is -0.131. The first-order valence-electron chi connectivity index (χ1n) is 5.54. The van der Waals surface area contributed by atoms with Crippen LogP contribution >= 0.6 is 11.5 Å². The standard InChI is InChI=1S/C12H10N4O3S/c1-7-11(20-16-15-7)12(19)14-9-4-2-3-8(13-9)5-6-10(17)18/h2-6H,1H3,(H,17,18)(H,13,14,19). The summed E-state index contributed by atoms with van der Waals surface area (Å²) < 4.78 is 3.68. The Morgan fingerprint density at radius 1 is 1.40 bits per heavy atom. The van der Waals surface area contributed by atoms with Crippen molar-refractivity contribution in [1.29, 1.82) is 0 Å². The van der Waals surface area contributed by atoms with Crippen molar-refractivity contribution in [2.75, 3.05) is 5.32 Å². The molecule has 0 spiro atoms. The van der Waals surface area contributed by atoms with E-state index in [2.05, 4.69) is 19.9 Å². The number of hydrogen-bond donors (Lipinski definition) is 2. The molecular weight excluding hydrogens is 280 g/mol. The second-order valence-corrected chi connectivity index (χ2v) is 4.51. The summed E-state index contributed by atoms with van der Waals surface area (Å²) in [6.07, 6.45) is 2.32. The molecule has 102 valence electrons. The van der Waals surface area contributed by atoms with E-state index in [0.717, 1.165) is 17.6 Å². The molecule has 2 aromatic heterocycles. The van der Waals surface area contributed by atoms with Crippen molar-refractivity contribution in [3.63, 3.8) is 0 Å². The van der Waals surface area contributed by atoms with Crippen molar-refractivity contribution in [3.05, 3.63) is 40.5 Å². The van der Waals surface area contributed by atoms with Crippen molar-refractivity contribution in [2.45, 2.75) is 6.92 Å². The number of nitrogens with one attached hydrogen (secondary N) is 1. The third-order valence-electron chi connectivity index (χ3n) is 2.27. The first-order valence-corrected chi connectivity index (χ1v) is 6.32. The lowest BCUT2D eigenvalue weighted by Crippen LogP contribution is -2.12. The van der Waals surface area contributed by atoms with E-state index in [0.29, 0.717) is 22.1 Å². The average Bonchev–Trinajstić information content (AvgIpc) is 2.83. The lowest BCUT2D eigenvalue weighted by atomic mass is 10.3. The van der Waals surface area contributed by atoms with Crippen LogP contribution in [0.25, 0.3) is 6.08 Å². The number of aliphatic carboxylic acids is 1. The fourth-order valence-electron chi connectivity index (χ4n) is 1.38. The molecule has 2 N–H and O–H groups in total. The number of carbonyl (C=O) groups excluding carboxylic acids is 1. The highest BCUT2D eigenvalue weighted by Crippen LogP contribution is 2.13. The third-order valence-corrected chi connectivity index (χ3v) is 3.09. The molecule has 0 bridgehead atoms. The molecule has 7 nitrogen and oxygen atoms in total. The Bertz CT molecular complexity index is 681. The summed E-state index contributed by atoms with van der Waals surface area (Å²) in [4.78, 5) is 26.9. The van der Waals surface area contributed by atoms with E-state index in [4.69, 9.17) is 5.11 Å². The Kier molecular flexibility index (Phi) is 4.16. The number of amides is 1. The van der Waals surface area contributed by atoms with E-state index in [1.807, 2.05) is 0 Å². The number of rotatable bonds is 4. The van der Waals surface area contributed by atoms with Gasteiger partial charge in [0.1, 0.15) is 10.7 Å². The number of carbonyl (C=O) groups is 2. The smallest absolute Gasteiger partial charge is 0.328 e. The molecule has 1 amide bonds. The minimum Gasteiger partial charge on any atom is -0.478 e. The van der Waals surface area contributed by atoms with Gasteiger partial charge in [-0.1, -0.05) is 10.6 Å². The second-order valence-electron chi connectivity index (χ2n) is 3.76. The topological polar surface area (TPSA) is 105 Å². The molecule has 0 aliphatic carbocycles. The maximum atomic E-state index is 11.9. The number of aryl methyl sites for hydroxylation is 1. The van der Waals surface area contributed by atoms with Crippen molar-refractivity contribution >= 4 is 35.3 Å². The van der Waals surface area contributed by atoms with Gasteiger partial charge in [-0.15, -0.1) is 5.10 Å². The van der Waals surface area contributed by atoms with E-state index in [-0.39, 0.29) is 5.91 Å². The van der Waals surface area contributed by atoms with Crippen LogP contribution in [0.15, 0.2) is 24.3 Å². The molecule has 0 atom stereocenters. The predicted octanol–water partition coefficient (Wildman–Crippen LogP) is 1.59. The maximum absolute atomic E-state index is 11.9. The van der Waals surface area contributed by atoms with Crippen LogP contribution in [0.4, 0.5) is 5.82 Å². The summed E-state index contributed by atoms with van der Waals surface area (Å²) in [7, 11) is 0. The van der Waals surface area contributed by atoms with Crippen LogP contribution in [-0.4, -0.2) is 31.6 Å². The van der Waals surface area contributed by atoms with E-state index in [9.17, 15) is 9.59 Å². The van der Waals surface area contributed by atoms with Gasteiger partial charge in [0.05, 0.1) is 11.4 Å². The minimum absolute atomic E-state index is 0.329. The van der Waals surface area contributed by atoms with Crippen LogP contribution in [-0.2, 0) is 4.79 Å². The molecular formula is C12H10N4O3S. The molecule has 2 aromatic rings. The SMILES string of the molecule is Cc1nnsc1C(=O)Nc1cccc(C=CC(=O)O)n1. The Balaban J connectivity index is 2.14.